The maximum atomic E-state index is 5.92. The zero-order chi connectivity index (χ0) is 19.8. The van der Waals surface area contributed by atoms with E-state index in [1.807, 2.05) is 0 Å². The van der Waals surface area contributed by atoms with Gasteiger partial charge in [-0.25, -0.2) is 0 Å². The highest BCUT2D eigenvalue weighted by atomic mass is 16.5. The molecule has 2 aliphatic carbocycles. The van der Waals surface area contributed by atoms with Gasteiger partial charge in [-0.3, -0.25) is 9.89 Å². The first kappa shape index (κ1) is 20.3. The van der Waals surface area contributed by atoms with Gasteiger partial charge in [0.05, 0.1) is 24.0 Å². The monoisotopic (exact) mass is 403 g/mol. The molecule has 164 valence electrons. The van der Waals surface area contributed by atoms with Crippen molar-refractivity contribution in [1.29, 1.82) is 0 Å². The number of hydrogen-bond donors (Lipinski definition) is 1. The van der Waals surface area contributed by atoms with E-state index in [0.717, 1.165) is 30.5 Å². The fourth-order valence-electron chi connectivity index (χ4n) is 7.44. The lowest BCUT2D eigenvalue weighted by atomic mass is 9.71. The molecule has 0 spiro atoms. The average Bonchev–Trinajstić information content (AvgIpc) is 3.35. The van der Waals surface area contributed by atoms with Gasteiger partial charge < -0.3 is 15.0 Å². The molecule has 0 radical (unpaired) electrons. The number of likely N-dealkylation sites (tertiary alicyclic amines) is 2. The summed E-state index contributed by atoms with van der Waals surface area (Å²) in [7, 11) is 2.26. The summed E-state index contributed by atoms with van der Waals surface area (Å²) in [5, 5.41) is 2.82. The van der Waals surface area contributed by atoms with Crippen molar-refractivity contribution >= 4 is 5.84 Å². The summed E-state index contributed by atoms with van der Waals surface area (Å²) in [5.74, 6) is 3.00. The van der Waals surface area contributed by atoms with Gasteiger partial charge >= 0.3 is 0 Å². The highest BCUT2D eigenvalue weighted by molar-refractivity contribution is 5.84. The second-order valence-electron chi connectivity index (χ2n) is 10.4. The summed E-state index contributed by atoms with van der Waals surface area (Å²) < 4.78 is 5.92. The van der Waals surface area contributed by atoms with Gasteiger partial charge in [-0.15, -0.1) is 0 Å². The van der Waals surface area contributed by atoms with Crippen molar-refractivity contribution in [2.45, 2.75) is 108 Å². The molecule has 5 heteroatoms. The van der Waals surface area contributed by atoms with Crippen LogP contribution in [0.15, 0.2) is 4.99 Å². The summed E-state index contributed by atoms with van der Waals surface area (Å²) in [4.78, 5) is 10.9. The van der Waals surface area contributed by atoms with Crippen LogP contribution in [-0.4, -0.2) is 72.8 Å². The Morgan fingerprint density at radius 3 is 2.55 bits per heavy atom. The molecule has 5 rings (SSSR count). The molecule has 29 heavy (non-hydrogen) atoms. The SMILES string of the molecule is CCOC1CCC(N2CCC3C(N=C4CCCN4C)C4CCCCC4[NH2+]C32)CC1. The van der Waals surface area contributed by atoms with Crippen LogP contribution in [0.25, 0.3) is 0 Å². The van der Waals surface area contributed by atoms with Gasteiger partial charge in [-0.05, 0) is 64.7 Å². The standard InChI is InChI=1S/C24H42N4O/c1-3-29-18-12-10-17(11-13-18)28-16-14-20-23(26-22-9-6-15-27(22)2)19-7-4-5-8-21(19)25-24(20)28/h17-21,23-25H,3-16H2,1-2H3/p+1. The first-order chi connectivity index (χ1) is 14.2. The van der Waals surface area contributed by atoms with Gasteiger partial charge in [0, 0.05) is 51.0 Å². The van der Waals surface area contributed by atoms with Crippen molar-refractivity contribution in [3.8, 4) is 0 Å². The van der Waals surface area contributed by atoms with E-state index < -0.39 is 0 Å². The predicted octanol–water partition coefficient (Wildman–Crippen LogP) is 2.61. The molecule has 0 aromatic rings. The summed E-state index contributed by atoms with van der Waals surface area (Å²) >= 11 is 0. The molecule has 0 aromatic heterocycles. The lowest BCUT2D eigenvalue weighted by molar-refractivity contribution is -0.760. The van der Waals surface area contributed by atoms with Crippen LogP contribution in [0.4, 0.5) is 0 Å². The molecule has 3 saturated heterocycles. The number of quaternary nitrogens is 1. The first-order valence-electron chi connectivity index (χ1n) is 12.7. The molecule has 0 aromatic carbocycles. The molecule has 3 aliphatic heterocycles. The van der Waals surface area contributed by atoms with Crippen LogP contribution >= 0.6 is 0 Å². The third kappa shape index (κ3) is 3.99. The molecular formula is C24H43N4O+. The number of fused-ring (bicyclic) bond motifs is 2. The molecular weight excluding hydrogens is 360 g/mol. The molecule has 0 amide bonds. The second kappa shape index (κ2) is 8.84. The normalized spacial score (nSPS) is 44.8. The molecule has 2 saturated carbocycles. The number of rotatable bonds is 4. The number of hydrogen-bond acceptors (Lipinski definition) is 3. The number of nitrogens with two attached hydrogens (primary N) is 1. The lowest BCUT2D eigenvalue weighted by Crippen LogP contribution is -3.02. The zero-order valence-corrected chi connectivity index (χ0v) is 18.8. The van der Waals surface area contributed by atoms with E-state index in [1.165, 1.54) is 89.6 Å². The Bertz CT molecular complexity index is 587. The second-order valence-corrected chi connectivity index (χ2v) is 10.4. The third-order valence-electron chi connectivity index (χ3n) is 8.89. The van der Waals surface area contributed by atoms with Crippen LogP contribution in [-0.2, 0) is 4.74 Å². The number of piperidine rings is 1. The minimum Gasteiger partial charge on any atom is -0.379 e. The average molecular weight is 404 g/mol. The number of amidine groups is 1. The number of nitrogens with zero attached hydrogens (tertiary/aromatic N) is 3. The largest absolute Gasteiger partial charge is 0.379 e. The van der Waals surface area contributed by atoms with Crippen LogP contribution in [0, 0.1) is 11.8 Å². The van der Waals surface area contributed by atoms with Gasteiger partial charge in [0.15, 0.2) is 0 Å². The van der Waals surface area contributed by atoms with Crippen molar-refractivity contribution < 1.29 is 10.1 Å². The molecule has 5 nitrogen and oxygen atoms in total. The molecule has 5 fully saturated rings. The fraction of sp³-hybridized carbons (Fsp3) is 0.958. The van der Waals surface area contributed by atoms with E-state index in [4.69, 9.17) is 9.73 Å². The highest BCUT2D eigenvalue weighted by Gasteiger charge is 2.54. The maximum absolute atomic E-state index is 5.92. The smallest absolute Gasteiger partial charge is 0.147 e. The molecule has 3 heterocycles. The van der Waals surface area contributed by atoms with E-state index in [0.29, 0.717) is 18.3 Å². The van der Waals surface area contributed by atoms with Crippen molar-refractivity contribution in [2.75, 3.05) is 26.7 Å². The summed E-state index contributed by atoms with van der Waals surface area (Å²) in [6.07, 6.45) is 15.9. The van der Waals surface area contributed by atoms with Crippen molar-refractivity contribution in [3.05, 3.63) is 0 Å². The van der Waals surface area contributed by atoms with E-state index in [-0.39, 0.29) is 0 Å². The van der Waals surface area contributed by atoms with Crippen molar-refractivity contribution in [2.24, 2.45) is 16.8 Å². The third-order valence-corrected chi connectivity index (χ3v) is 8.89. The number of aliphatic imine (C=N–C) groups is 1. The van der Waals surface area contributed by atoms with Gasteiger partial charge in [0.2, 0.25) is 0 Å². The molecule has 5 atom stereocenters. The van der Waals surface area contributed by atoms with Crippen molar-refractivity contribution in [1.82, 2.24) is 9.80 Å². The van der Waals surface area contributed by atoms with Crippen LogP contribution in [0.2, 0.25) is 0 Å². The molecule has 0 bridgehead atoms. The van der Waals surface area contributed by atoms with E-state index in [1.54, 1.807) is 0 Å². The number of ether oxygens (including phenoxy) is 1. The zero-order valence-electron chi connectivity index (χ0n) is 18.8. The first-order valence-corrected chi connectivity index (χ1v) is 12.7. The quantitative estimate of drug-likeness (QED) is 0.785. The van der Waals surface area contributed by atoms with E-state index in [2.05, 4.69) is 29.1 Å². The van der Waals surface area contributed by atoms with Gasteiger partial charge in [-0.2, -0.15) is 0 Å². The van der Waals surface area contributed by atoms with Gasteiger partial charge in [-0.1, -0.05) is 6.42 Å². The Balaban J connectivity index is 1.33. The maximum Gasteiger partial charge on any atom is 0.147 e. The summed E-state index contributed by atoms with van der Waals surface area (Å²) in [6.45, 7) is 5.51. The predicted molar refractivity (Wildman–Crippen MR) is 117 cm³/mol. The van der Waals surface area contributed by atoms with Crippen LogP contribution in [0.3, 0.4) is 0 Å². The Hall–Kier alpha value is -0.650. The summed E-state index contributed by atoms with van der Waals surface area (Å²) in [6, 6.07) is 2.17. The Labute approximate surface area is 177 Å². The lowest BCUT2D eigenvalue weighted by Gasteiger charge is -2.47. The van der Waals surface area contributed by atoms with Crippen LogP contribution in [0.1, 0.15) is 77.6 Å². The molecule has 5 unspecified atom stereocenters. The Morgan fingerprint density at radius 2 is 1.79 bits per heavy atom. The van der Waals surface area contributed by atoms with Crippen molar-refractivity contribution in [3.63, 3.8) is 0 Å². The minimum absolute atomic E-state index is 0.518. The molecule has 2 N–H and O–H groups in total. The van der Waals surface area contributed by atoms with Gasteiger partial charge in [0.1, 0.15) is 6.17 Å². The van der Waals surface area contributed by atoms with E-state index in [9.17, 15) is 0 Å². The Kier molecular flexibility index (Phi) is 6.18. The van der Waals surface area contributed by atoms with Gasteiger partial charge in [0.25, 0.3) is 0 Å². The van der Waals surface area contributed by atoms with E-state index >= 15 is 0 Å². The van der Waals surface area contributed by atoms with Crippen LogP contribution in [0.5, 0.6) is 0 Å². The fourth-order valence-corrected chi connectivity index (χ4v) is 7.44. The van der Waals surface area contributed by atoms with Crippen LogP contribution < -0.4 is 5.32 Å². The minimum atomic E-state index is 0.518. The molecule has 5 aliphatic rings. The topological polar surface area (TPSA) is 44.7 Å². The Morgan fingerprint density at radius 1 is 0.966 bits per heavy atom. The summed E-state index contributed by atoms with van der Waals surface area (Å²) in [5.41, 5.74) is 0. The highest BCUT2D eigenvalue weighted by Crippen LogP contribution is 2.41.